The van der Waals surface area contributed by atoms with Gasteiger partial charge in [-0.15, -0.1) is 0 Å². The standard InChI is InChI=1S/C14H8Cl2N2/c15-9-6-11(16)14-17-13-10-4-2-1-3-8(10)5-12(13)18(14)7-9/h1-4,6-7H,5H2. The van der Waals surface area contributed by atoms with E-state index in [9.17, 15) is 0 Å². The van der Waals surface area contributed by atoms with Crippen molar-refractivity contribution in [2.45, 2.75) is 6.42 Å². The molecule has 1 aromatic carbocycles. The maximum absolute atomic E-state index is 6.19. The third kappa shape index (κ3) is 1.27. The van der Waals surface area contributed by atoms with Crippen LogP contribution in [-0.4, -0.2) is 9.38 Å². The Morgan fingerprint density at radius 3 is 2.89 bits per heavy atom. The minimum Gasteiger partial charge on any atom is -0.300 e. The van der Waals surface area contributed by atoms with Crippen LogP contribution in [0.1, 0.15) is 11.3 Å². The van der Waals surface area contributed by atoms with E-state index >= 15 is 0 Å². The van der Waals surface area contributed by atoms with Crippen LogP contribution in [0.5, 0.6) is 0 Å². The van der Waals surface area contributed by atoms with E-state index in [1.807, 2.05) is 16.7 Å². The summed E-state index contributed by atoms with van der Waals surface area (Å²) in [7, 11) is 0. The number of pyridine rings is 1. The molecule has 0 amide bonds. The number of imidazole rings is 1. The van der Waals surface area contributed by atoms with Crippen molar-refractivity contribution in [3.8, 4) is 11.3 Å². The van der Waals surface area contributed by atoms with Crippen LogP contribution >= 0.6 is 23.2 Å². The summed E-state index contributed by atoms with van der Waals surface area (Å²) in [4.78, 5) is 4.65. The van der Waals surface area contributed by atoms with Gasteiger partial charge in [-0.1, -0.05) is 47.5 Å². The molecule has 2 aromatic heterocycles. The molecule has 18 heavy (non-hydrogen) atoms. The van der Waals surface area contributed by atoms with E-state index in [2.05, 4.69) is 23.2 Å². The molecular weight excluding hydrogens is 267 g/mol. The first-order chi connectivity index (χ1) is 8.74. The zero-order chi connectivity index (χ0) is 12.3. The number of benzene rings is 1. The lowest BCUT2D eigenvalue weighted by molar-refractivity contribution is 1.05. The highest BCUT2D eigenvalue weighted by atomic mass is 35.5. The van der Waals surface area contributed by atoms with Gasteiger partial charge in [0.05, 0.1) is 21.4 Å². The number of aromatic nitrogens is 2. The highest BCUT2D eigenvalue weighted by molar-refractivity contribution is 6.36. The summed E-state index contributed by atoms with van der Waals surface area (Å²) in [5, 5.41) is 1.22. The second-order valence-electron chi connectivity index (χ2n) is 4.44. The fourth-order valence-corrected chi connectivity index (χ4v) is 3.10. The van der Waals surface area contributed by atoms with Crippen LogP contribution in [0.4, 0.5) is 0 Å². The van der Waals surface area contributed by atoms with Gasteiger partial charge in [-0.3, -0.25) is 0 Å². The van der Waals surface area contributed by atoms with Crippen LogP contribution in [0.2, 0.25) is 10.0 Å². The maximum Gasteiger partial charge on any atom is 0.156 e. The molecule has 0 spiro atoms. The molecule has 0 aliphatic heterocycles. The zero-order valence-electron chi connectivity index (χ0n) is 9.32. The second-order valence-corrected chi connectivity index (χ2v) is 5.28. The van der Waals surface area contributed by atoms with Crippen molar-refractivity contribution in [1.82, 2.24) is 9.38 Å². The predicted molar refractivity (Wildman–Crippen MR) is 73.5 cm³/mol. The molecule has 4 heteroatoms. The van der Waals surface area contributed by atoms with Gasteiger partial charge in [0, 0.05) is 18.2 Å². The molecule has 4 rings (SSSR count). The van der Waals surface area contributed by atoms with Gasteiger partial charge in [0.15, 0.2) is 5.65 Å². The summed E-state index contributed by atoms with van der Waals surface area (Å²) < 4.78 is 2.00. The van der Waals surface area contributed by atoms with Gasteiger partial charge in [0.25, 0.3) is 0 Å². The lowest BCUT2D eigenvalue weighted by Crippen LogP contribution is -1.92. The van der Waals surface area contributed by atoms with Crippen molar-refractivity contribution < 1.29 is 0 Å². The number of nitrogens with zero attached hydrogens (tertiary/aromatic N) is 2. The van der Waals surface area contributed by atoms with Gasteiger partial charge in [-0.05, 0) is 11.6 Å². The van der Waals surface area contributed by atoms with Gasteiger partial charge in [0.2, 0.25) is 0 Å². The minimum absolute atomic E-state index is 0.592. The minimum atomic E-state index is 0.592. The summed E-state index contributed by atoms with van der Waals surface area (Å²) in [6.07, 6.45) is 2.75. The van der Waals surface area contributed by atoms with Gasteiger partial charge in [-0.2, -0.15) is 0 Å². The van der Waals surface area contributed by atoms with Crippen molar-refractivity contribution >= 4 is 28.8 Å². The SMILES string of the molecule is Clc1cc(Cl)c2nc3c(n2c1)Cc1ccccc1-3. The smallest absolute Gasteiger partial charge is 0.156 e. The summed E-state index contributed by atoms with van der Waals surface area (Å²) in [6, 6.07) is 10.1. The van der Waals surface area contributed by atoms with Gasteiger partial charge in [0.1, 0.15) is 0 Å². The van der Waals surface area contributed by atoms with Crippen LogP contribution in [0.15, 0.2) is 36.5 Å². The highest BCUT2D eigenvalue weighted by Crippen LogP contribution is 2.38. The van der Waals surface area contributed by atoms with E-state index in [-0.39, 0.29) is 0 Å². The number of hydrogen-bond acceptors (Lipinski definition) is 1. The molecular formula is C14H8Cl2N2. The van der Waals surface area contributed by atoms with Crippen molar-refractivity contribution in [3.05, 3.63) is 57.8 Å². The highest BCUT2D eigenvalue weighted by Gasteiger charge is 2.24. The predicted octanol–water partition coefficient (Wildman–Crippen LogP) is 4.21. The van der Waals surface area contributed by atoms with E-state index in [1.165, 1.54) is 11.1 Å². The van der Waals surface area contributed by atoms with E-state index < -0.39 is 0 Å². The average molecular weight is 275 g/mol. The number of hydrogen-bond donors (Lipinski definition) is 0. The Balaban J connectivity index is 2.11. The molecule has 88 valence electrons. The van der Waals surface area contributed by atoms with Crippen molar-refractivity contribution in [3.63, 3.8) is 0 Å². The Labute approximate surface area is 114 Å². The molecule has 0 unspecified atom stereocenters. The first-order valence-electron chi connectivity index (χ1n) is 5.68. The third-order valence-corrected chi connectivity index (χ3v) is 3.86. The lowest BCUT2D eigenvalue weighted by atomic mass is 10.1. The van der Waals surface area contributed by atoms with Crippen molar-refractivity contribution in [2.75, 3.05) is 0 Å². The van der Waals surface area contributed by atoms with Gasteiger partial charge < -0.3 is 4.40 Å². The summed E-state index contributed by atoms with van der Waals surface area (Å²) in [6.45, 7) is 0. The Bertz CT molecular complexity index is 790. The van der Waals surface area contributed by atoms with Crippen LogP contribution in [0.25, 0.3) is 16.9 Å². The molecule has 0 atom stereocenters. The molecule has 3 aromatic rings. The van der Waals surface area contributed by atoms with Crippen molar-refractivity contribution in [1.29, 1.82) is 0 Å². The fourth-order valence-electron chi connectivity index (χ4n) is 2.59. The normalized spacial score (nSPS) is 12.8. The molecule has 1 aliphatic carbocycles. The maximum atomic E-state index is 6.19. The first kappa shape index (κ1) is 10.4. The molecule has 2 heterocycles. The Hall–Kier alpha value is -1.51. The molecule has 0 fully saturated rings. The molecule has 1 aliphatic rings. The van der Waals surface area contributed by atoms with Gasteiger partial charge >= 0.3 is 0 Å². The Kier molecular flexibility index (Phi) is 2.02. The second kappa shape index (κ2) is 3.50. The summed E-state index contributed by atoms with van der Waals surface area (Å²) in [5.74, 6) is 0. The number of rotatable bonds is 0. The number of fused-ring (bicyclic) bond motifs is 5. The Morgan fingerprint density at radius 2 is 2.00 bits per heavy atom. The van der Waals surface area contributed by atoms with Crippen LogP contribution in [0.3, 0.4) is 0 Å². The molecule has 2 nitrogen and oxygen atoms in total. The molecule has 0 saturated heterocycles. The van der Waals surface area contributed by atoms with Crippen molar-refractivity contribution in [2.24, 2.45) is 0 Å². The average Bonchev–Trinajstić information content (AvgIpc) is 2.86. The first-order valence-corrected chi connectivity index (χ1v) is 6.44. The van der Waals surface area contributed by atoms with Crippen LogP contribution in [0, 0.1) is 0 Å². The zero-order valence-corrected chi connectivity index (χ0v) is 10.8. The van der Waals surface area contributed by atoms with Gasteiger partial charge in [-0.25, -0.2) is 4.98 Å². The Morgan fingerprint density at radius 1 is 1.17 bits per heavy atom. The van der Waals surface area contributed by atoms with E-state index in [0.29, 0.717) is 10.0 Å². The summed E-state index contributed by atoms with van der Waals surface area (Å²) in [5.41, 5.74) is 5.47. The van der Waals surface area contributed by atoms with Crippen LogP contribution < -0.4 is 0 Å². The topological polar surface area (TPSA) is 17.3 Å². The van der Waals surface area contributed by atoms with E-state index in [4.69, 9.17) is 23.2 Å². The molecule has 0 bridgehead atoms. The van der Waals surface area contributed by atoms with Crippen LogP contribution in [-0.2, 0) is 6.42 Å². The molecule has 0 saturated carbocycles. The third-order valence-electron chi connectivity index (χ3n) is 3.37. The quantitative estimate of drug-likeness (QED) is 0.470. The number of halogens is 2. The molecule has 0 N–H and O–H groups in total. The molecule has 0 radical (unpaired) electrons. The monoisotopic (exact) mass is 274 g/mol. The fraction of sp³-hybridized carbons (Fsp3) is 0.0714. The lowest BCUT2D eigenvalue weighted by Gasteiger charge is -2.01. The van der Waals surface area contributed by atoms with E-state index in [0.717, 1.165) is 23.5 Å². The summed E-state index contributed by atoms with van der Waals surface area (Å²) >= 11 is 12.2. The van der Waals surface area contributed by atoms with E-state index in [1.54, 1.807) is 6.07 Å². The largest absolute Gasteiger partial charge is 0.300 e.